The molecule has 30 heavy (non-hydrogen) atoms. The zero-order valence-corrected chi connectivity index (χ0v) is 19.1. The fourth-order valence-electron chi connectivity index (χ4n) is 3.32. The maximum Gasteiger partial charge on any atom is 0.270 e. The molecule has 8 nitrogen and oxygen atoms in total. The Morgan fingerprint density at radius 2 is 1.87 bits per heavy atom. The third-order valence-corrected chi connectivity index (χ3v) is 7.24. The first-order chi connectivity index (χ1) is 14.3. The topological polar surface area (TPSA) is 103 Å². The number of nitrogens with one attached hydrogen (secondary N) is 2. The molecule has 2 heterocycles. The van der Waals surface area contributed by atoms with E-state index < -0.39 is 15.9 Å². The molecule has 10 heteroatoms. The summed E-state index contributed by atoms with van der Waals surface area (Å²) in [7, 11) is -2.59. The highest BCUT2D eigenvalue weighted by Gasteiger charge is 2.26. The van der Waals surface area contributed by atoms with Gasteiger partial charge in [-0.15, -0.1) is 0 Å². The van der Waals surface area contributed by atoms with Crippen LogP contribution in [0.15, 0.2) is 45.9 Å². The Morgan fingerprint density at radius 3 is 2.53 bits per heavy atom. The van der Waals surface area contributed by atoms with Gasteiger partial charge in [0.25, 0.3) is 5.91 Å². The van der Waals surface area contributed by atoms with Crippen LogP contribution in [0.1, 0.15) is 36.2 Å². The number of hydrogen-bond acceptors (Lipinski definition) is 4. The number of rotatable bonds is 6. The van der Waals surface area contributed by atoms with E-state index in [1.54, 1.807) is 23.1 Å². The van der Waals surface area contributed by atoms with E-state index in [2.05, 4.69) is 26.2 Å². The van der Waals surface area contributed by atoms with E-state index in [-0.39, 0.29) is 23.0 Å². The minimum absolute atomic E-state index is 0.0431. The van der Waals surface area contributed by atoms with Crippen molar-refractivity contribution in [3.63, 3.8) is 0 Å². The first kappa shape index (κ1) is 22.5. The van der Waals surface area contributed by atoms with E-state index in [0.717, 1.165) is 34.5 Å². The monoisotopic (exact) mass is 496 g/mol. The predicted molar refractivity (Wildman–Crippen MR) is 118 cm³/mol. The lowest BCUT2D eigenvalue weighted by Gasteiger charge is -2.19. The molecule has 2 N–H and O–H groups in total. The van der Waals surface area contributed by atoms with Gasteiger partial charge in [-0.05, 0) is 37.1 Å². The Kier molecular flexibility index (Phi) is 7.32. The number of benzene rings is 1. The number of aromatic amines is 1. The first-order valence-corrected chi connectivity index (χ1v) is 12.0. The summed E-state index contributed by atoms with van der Waals surface area (Å²) < 4.78 is 27.4. The minimum Gasteiger partial charge on any atom is -0.356 e. The summed E-state index contributed by atoms with van der Waals surface area (Å²) in [6.07, 6.45) is 5.39. The van der Waals surface area contributed by atoms with Crippen molar-refractivity contribution in [3.05, 3.63) is 46.7 Å². The molecule has 2 amide bonds. The maximum atomic E-state index is 12.8. The van der Waals surface area contributed by atoms with Gasteiger partial charge in [0.15, 0.2) is 0 Å². The number of carbonyl (C=O) groups is 2. The number of sulfonamides is 1. The van der Waals surface area contributed by atoms with E-state index >= 15 is 0 Å². The second-order valence-corrected chi connectivity index (χ2v) is 10.2. The van der Waals surface area contributed by atoms with Gasteiger partial charge in [0.05, 0.1) is 6.54 Å². The number of halogens is 1. The van der Waals surface area contributed by atoms with Gasteiger partial charge < -0.3 is 15.2 Å². The van der Waals surface area contributed by atoms with Gasteiger partial charge in [0.1, 0.15) is 10.6 Å². The number of likely N-dealkylation sites (tertiary alicyclic amines) is 1. The first-order valence-electron chi connectivity index (χ1n) is 9.77. The summed E-state index contributed by atoms with van der Waals surface area (Å²) >= 11 is 3.32. The second kappa shape index (κ2) is 9.76. The molecule has 0 unspecified atom stereocenters. The number of amides is 2. The Morgan fingerprint density at radius 1 is 1.17 bits per heavy atom. The molecule has 1 aromatic carbocycles. The smallest absolute Gasteiger partial charge is 0.270 e. The van der Waals surface area contributed by atoms with Gasteiger partial charge >= 0.3 is 0 Å². The number of H-pyrrole nitrogens is 1. The van der Waals surface area contributed by atoms with Crippen LogP contribution in [-0.2, 0) is 14.8 Å². The quantitative estimate of drug-likeness (QED) is 0.641. The van der Waals surface area contributed by atoms with Crippen molar-refractivity contribution in [2.24, 2.45) is 0 Å². The van der Waals surface area contributed by atoms with Gasteiger partial charge in [-0.25, -0.2) is 8.42 Å². The van der Waals surface area contributed by atoms with Crippen LogP contribution in [0.25, 0.3) is 0 Å². The third kappa shape index (κ3) is 5.50. The van der Waals surface area contributed by atoms with Crippen molar-refractivity contribution in [2.45, 2.75) is 30.6 Å². The summed E-state index contributed by atoms with van der Waals surface area (Å²) in [6, 6.07) is 8.36. The van der Waals surface area contributed by atoms with Crippen molar-refractivity contribution in [2.75, 3.05) is 32.0 Å². The van der Waals surface area contributed by atoms with Crippen LogP contribution in [0.3, 0.4) is 0 Å². The molecular formula is C20H25BrN4O4S. The Labute approximate surface area is 184 Å². The molecule has 1 saturated heterocycles. The number of hydrogen-bond donors (Lipinski definition) is 2. The summed E-state index contributed by atoms with van der Waals surface area (Å²) in [5.74, 6) is -0.663. The molecule has 0 saturated carbocycles. The Balaban J connectivity index is 1.65. The molecule has 0 aliphatic carbocycles. The molecular weight excluding hydrogens is 472 g/mol. The number of likely N-dealkylation sites (N-methyl/N-ethyl adjacent to an activating group) is 1. The largest absolute Gasteiger partial charge is 0.356 e. The average Bonchev–Trinajstić information content (AvgIpc) is 3.04. The van der Waals surface area contributed by atoms with Gasteiger partial charge in [0, 0.05) is 36.5 Å². The van der Waals surface area contributed by atoms with E-state index in [9.17, 15) is 18.0 Å². The second-order valence-electron chi connectivity index (χ2n) is 7.28. The van der Waals surface area contributed by atoms with Crippen LogP contribution in [0.2, 0.25) is 0 Å². The van der Waals surface area contributed by atoms with Crippen molar-refractivity contribution >= 4 is 43.5 Å². The molecule has 0 radical (unpaired) electrons. The van der Waals surface area contributed by atoms with Crippen molar-refractivity contribution in [1.82, 2.24) is 14.2 Å². The van der Waals surface area contributed by atoms with Crippen LogP contribution < -0.4 is 5.32 Å². The summed E-state index contributed by atoms with van der Waals surface area (Å²) in [5, 5.41) is 2.67. The van der Waals surface area contributed by atoms with Crippen LogP contribution in [0, 0.1) is 0 Å². The highest BCUT2D eigenvalue weighted by atomic mass is 79.9. The lowest BCUT2D eigenvalue weighted by molar-refractivity contribution is -0.116. The molecule has 2 aromatic rings. The normalized spacial score (nSPS) is 15.1. The van der Waals surface area contributed by atoms with Crippen LogP contribution in [0.5, 0.6) is 0 Å². The Hall–Kier alpha value is -2.17. The lowest BCUT2D eigenvalue weighted by atomic mass is 10.2. The third-order valence-electron chi connectivity index (χ3n) is 4.96. The van der Waals surface area contributed by atoms with Crippen molar-refractivity contribution in [3.8, 4) is 0 Å². The predicted octanol–water partition coefficient (Wildman–Crippen LogP) is 3.05. The fraction of sp³-hybridized carbons (Fsp3) is 0.400. The highest BCUT2D eigenvalue weighted by Crippen LogP contribution is 2.19. The van der Waals surface area contributed by atoms with Crippen LogP contribution in [0.4, 0.5) is 5.69 Å². The van der Waals surface area contributed by atoms with E-state index in [1.807, 2.05) is 6.07 Å². The van der Waals surface area contributed by atoms with Gasteiger partial charge in [-0.3, -0.25) is 9.59 Å². The molecule has 1 aliphatic heterocycles. The van der Waals surface area contributed by atoms with Gasteiger partial charge in [-0.1, -0.05) is 34.8 Å². The van der Waals surface area contributed by atoms with Crippen LogP contribution >= 0.6 is 15.9 Å². The standard InChI is InChI=1S/C20H25BrN4O4S/c1-24(14-19(26)23-16-8-6-7-15(21)11-16)30(28,29)17-12-18(22-13-17)20(27)25-9-4-2-3-5-10-25/h6-8,11-13,22H,2-5,9-10,14H2,1H3,(H,23,26). The number of aromatic nitrogens is 1. The molecule has 0 atom stereocenters. The Bertz CT molecular complexity index is 1010. The zero-order valence-electron chi connectivity index (χ0n) is 16.7. The van der Waals surface area contributed by atoms with Gasteiger partial charge in [0.2, 0.25) is 15.9 Å². The molecule has 1 fully saturated rings. The SMILES string of the molecule is CN(CC(=O)Nc1cccc(Br)c1)S(=O)(=O)c1c[nH]c(C(=O)N2CCCCCC2)c1. The summed E-state index contributed by atoms with van der Waals surface area (Å²) in [4.78, 5) is 29.4. The number of nitrogens with zero attached hydrogens (tertiary/aromatic N) is 2. The van der Waals surface area contributed by atoms with E-state index in [4.69, 9.17) is 0 Å². The molecule has 1 aliphatic rings. The molecule has 1 aromatic heterocycles. The van der Waals surface area contributed by atoms with Crippen molar-refractivity contribution in [1.29, 1.82) is 0 Å². The van der Waals surface area contributed by atoms with Crippen molar-refractivity contribution < 1.29 is 18.0 Å². The zero-order chi connectivity index (χ0) is 21.7. The lowest BCUT2D eigenvalue weighted by Crippen LogP contribution is -2.35. The minimum atomic E-state index is -3.92. The number of carbonyl (C=O) groups excluding carboxylic acids is 2. The summed E-state index contributed by atoms with van der Waals surface area (Å²) in [6.45, 7) is 1.00. The molecule has 0 bridgehead atoms. The highest BCUT2D eigenvalue weighted by molar-refractivity contribution is 9.10. The van der Waals surface area contributed by atoms with Gasteiger partial charge in [-0.2, -0.15) is 4.31 Å². The van der Waals surface area contributed by atoms with E-state index in [0.29, 0.717) is 18.8 Å². The van der Waals surface area contributed by atoms with E-state index in [1.165, 1.54) is 19.3 Å². The maximum absolute atomic E-state index is 12.8. The molecule has 0 spiro atoms. The molecule has 3 rings (SSSR count). The molecule has 162 valence electrons. The van der Waals surface area contributed by atoms with Crippen LogP contribution in [-0.4, -0.2) is 61.1 Å². The fourth-order valence-corrected chi connectivity index (χ4v) is 4.85. The average molecular weight is 497 g/mol. The summed E-state index contributed by atoms with van der Waals surface area (Å²) in [5.41, 5.74) is 0.801. The number of anilines is 1.